The topological polar surface area (TPSA) is 437 Å². The van der Waals surface area contributed by atoms with E-state index in [1.165, 1.54) is 25.3 Å². The van der Waals surface area contributed by atoms with Crippen molar-refractivity contribution in [3.63, 3.8) is 0 Å². The maximum Gasteiger partial charge on any atom is 0.306 e. The Labute approximate surface area is 559 Å². The van der Waals surface area contributed by atoms with Crippen LogP contribution in [-0.2, 0) is 55.9 Å². The lowest BCUT2D eigenvalue weighted by Crippen LogP contribution is -2.47. The summed E-state index contributed by atoms with van der Waals surface area (Å²) < 4.78 is 21.7. The van der Waals surface area contributed by atoms with Crippen LogP contribution in [0.25, 0.3) is 11.2 Å². The zero-order valence-electron chi connectivity index (χ0n) is 55.0. The molecule has 0 saturated carbocycles. The molecule has 8 N–H and O–H groups in total. The number of ketones is 2. The number of benzene rings is 3. The number of aliphatic imine (C=N–C) groups is 4. The molecule has 0 bridgehead atoms. The summed E-state index contributed by atoms with van der Waals surface area (Å²) in [4.78, 5) is 145. The molecule has 5 aromatic rings. The summed E-state index contributed by atoms with van der Waals surface area (Å²) in [6, 6.07) is 18.6. The van der Waals surface area contributed by atoms with Crippen LogP contribution in [0.2, 0.25) is 0 Å². The van der Waals surface area contributed by atoms with Crippen LogP contribution in [0, 0.1) is 27.4 Å². The van der Waals surface area contributed by atoms with Crippen LogP contribution in [0.3, 0.4) is 0 Å². The van der Waals surface area contributed by atoms with Crippen LogP contribution in [0.1, 0.15) is 105 Å². The molecule has 4 amide bonds. The number of nitro groups is 1. The van der Waals surface area contributed by atoms with E-state index in [0.29, 0.717) is 72.1 Å². The van der Waals surface area contributed by atoms with Crippen molar-refractivity contribution in [2.75, 3.05) is 77.3 Å². The number of guanidine groups is 1. The van der Waals surface area contributed by atoms with Gasteiger partial charge in [-0.25, -0.2) is 20.0 Å². The SMILES string of the molecule is CC(=O)OCCNC(=O)[C@H](CCC(=O)NCCOC(C)C)CC(=O)c1ccc(NCc2cnc3nc(N=CN(C)C)nc(OCCc4ccc([N+](=O)[O-])cc4)c3n2)cc1.CC(C)OCCNC(=O)CC[C@H](CC(=O)c1ccc(NCC2=NC3C(=O)NC(=N)N=C3N=C2)cc1)C(=O)O. The molecule has 7 rings (SSSR count). The van der Waals surface area contributed by atoms with Gasteiger partial charge >= 0.3 is 11.9 Å². The number of fused-ring (bicyclic) bond motifs is 2. The number of hydrogen-bond acceptors (Lipinski definition) is 24. The number of Topliss-reactive ketones (excluding diaryl/α,β-unsaturated/α-hetero) is 2. The van der Waals surface area contributed by atoms with E-state index >= 15 is 0 Å². The van der Waals surface area contributed by atoms with Gasteiger partial charge in [-0.05, 0) is 94.6 Å². The van der Waals surface area contributed by atoms with Crippen molar-refractivity contribution in [2.24, 2.45) is 31.8 Å². The van der Waals surface area contributed by atoms with Crippen LogP contribution in [-0.4, -0.2) is 197 Å². The van der Waals surface area contributed by atoms with E-state index in [-0.39, 0.29) is 142 Å². The summed E-state index contributed by atoms with van der Waals surface area (Å²) in [5.74, 6) is -5.21. The summed E-state index contributed by atoms with van der Waals surface area (Å²) >= 11 is 0. The molecule has 3 atom stereocenters. The van der Waals surface area contributed by atoms with Crippen molar-refractivity contribution < 1.29 is 67.3 Å². The van der Waals surface area contributed by atoms with Crippen LogP contribution in [0.5, 0.6) is 5.88 Å². The Morgan fingerprint density at radius 2 is 1.34 bits per heavy atom. The van der Waals surface area contributed by atoms with Gasteiger partial charge in [0.25, 0.3) is 17.5 Å². The number of carboxylic acid groups (broad SMARTS) is 1. The Kier molecular flexibility index (Phi) is 29.8. The number of carbonyl (C=O) groups excluding carboxylic acids is 7. The van der Waals surface area contributed by atoms with Crippen LogP contribution >= 0.6 is 0 Å². The average molecular weight is 1340 g/mol. The van der Waals surface area contributed by atoms with Gasteiger partial charge in [0.15, 0.2) is 34.6 Å². The van der Waals surface area contributed by atoms with E-state index in [2.05, 4.69) is 66.8 Å². The third-order valence-electron chi connectivity index (χ3n) is 14.0. The molecule has 32 heteroatoms. The number of hydrogen-bond donors (Lipinski definition) is 8. The molecule has 4 heterocycles. The smallest absolute Gasteiger partial charge is 0.306 e. The summed E-state index contributed by atoms with van der Waals surface area (Å²) in [5, 5.41) is 44.8. The van der Waals surface area contributed by atoms with Crippen molar-refractivity contribution >= 4 is 111 Å². The van der Waals surface area contributed by atoms with Gasteiger partial charge in [-0.2, -0.15) is 15.0 Å². The van der Waals surface area contributed by atoms with E-state index in [1.807, 2.05) is 41.8 Å². The molecule has 97 heavy (non-hydrogen) atoms. The fourth-order valence-corrected chi connectivity index (χ4v) is 9.05. The number of carboxylic acids is 1. The Morgan fingerprint density at radius 1 is 0.763 bits per heavy atom. The van der Waals surface area contributed by atoms with E-state index in [0.717, 1.165) is 5.56 Å². The normalized spacial score (nSPS) is 13.8. The number of ether oxygens (including phenoxy) is 4. The number of aliphatic carboxylic acids is 1. The third kappa shape index (κ3) is 26.4. The summed E-state index contributed by atoms with van der Waals surface area (Å²) in [5.41, 5.74) is 4.60. The fraction of sp³-hybridized carbons (Fsp3) is 0.431. The number of esters is 1. The predicted octanol–water partition coefficient (Wildman–Crippen LogP) is 5.02. The van der Waals surface area contributed by atoms with Gasteiger partial charge in [-0.15, -0.1) is 0 Å². The average Bonchev–Trinajstić information content (AvgIpc) is 0.838. The molecule has 3 aromatic carbocycles. The third-order valence-corrected chi connectivity index (χ3v) is 14.0. The van der Waals surface area contributed by atoms with Crippen molar-refractivity contribution in [3.8, 4) is 5.88 Å². The highest BCUT2D eigenvalue weighted by atomic mass is 16.6. The Balaban J connectivity index is 0.000000337. The first-order valence-electron chi connectivity index (χ1n) is 31.2. The van der Waals surface area contributed by atoms with Gasteiger partial charge in [0.05, 0.1) is 92.7 Å². The van der Waals surface area contributed by atoms with Gasteiger partial charge in [0.1, 0.15) is 6.61 Å². The van der Waals surface area contributed by atoms with E-state index in [1.54, 1.807) is 78.1 Å². The standard InChI is InChI=1S/C40H50N10O9.C25H31N7O6/c1-26(2)57-20-17-41-35(53)15-10-30(38(54)42-18-21-58-27(3)51)22-34(52)29-8-11-31(12-9-29)43-23-32-24-44-37-36(46-32)39(48-40(47-37)45-25-49(4)5)59-19-16-28-6-13-33(14-7-28)50(55)56;1-14(2)38-10-9-27-20(34)8-5-16(24(36)37)11-19(33)15-3-6-17(7-4-15)28-12-18-13-29-22-21(30-18)23(35)32-25(26)31-22/h6-9,11-14,24-26,30,43H,10,15-23H2,1-5H3,(H,41,53)(H,42,54);3-4,6-7,13-14,16,21,28H,5,8-12H2,1-2H3,(H,27,34)(H,36,37)(H2,26,32,35)/t30-;16-,21?/m11/s1. The first-order valence-corrected chi connectivity index (χ1v) is 31.2. The van der Waals surface area contributed by atoms with Crippen LogP contribution in [0.15, 0.2) is 99.0 Å². The minimum Gasteiger partial charge on any atom is -0.481 e. The Morgan fingerprint density at radius 3 is 1.91 bits per heavy atom. The second-order valence-electron chi connectivity index (χ2n) is 22.8. The molecule has 2 aliphatic heterocycles. The van der Waals surface area contributed by atoms with Gasteiger partial charge in [-0.3, -0.25) is 64.2 Å². The largest absolute Gasteiger partial charge is 0.481 e. The van der Waals surface area contributed by atoms with Gasteiger partial charge in [-0.1, -0.05) is 12.1 Å². The Bertz CT molecular complexity index is 3710. The Hall–Kier alpha value is -10.9. The number of anilines is 2. The minimum absolute atomic E-state index is 0.000364. The molecule has 2 aromatic heterocycles. The summed E-state index contributed by atoms with van der Waals surface area (Å²) in [6.45, 7) is 11.0. The number of non-ortho nitro benzene ring substituents is 1. The second kappa shape index (κ2) is 38.5. The van der Waals surface area contributed by atoms with E-state index in [4.69, 9.17) is 29.3 Å². The molecule has 1 unspecified atom stereocenters. The molecule has 516 valence electrons. The highest BCUT2D eigenvalue weighted by Crippen LogP contribution is 2.25. The molecule has 32 nitrogen and oxygen atoms in total. The molecule has 0 aliphatic carbocycles. The molecule has 0 spiro atoms. The molecular formula is C65H81N17O15. The summed E-state index contributed by atoms with van der Waals surface area (Å²) in [7, 11) is 3.62. The number of amidine groups is 1. The maximum absolute atomic E-state index is 13.4. The lowest BCUT2D eigenvalue weighted by atomic mass is 9.93. The first kappa shape index (κ1) is 75.1. The molecular weight excluding hydrogens is 1260 g/mol. The molecule has 0 saturated heterocycles. The second-order valence-corrected chi connectivity index (χ2v) is 22.8. The minimum atomic E-state index is -1.13. The fourth-order valence-electron chi connectivity index (χ4n) is 9.05. The van der Waals surface area contributed by atoms with Gasteiger partial charge in [0.2, 0.25) is 29.6 Å². The highest BCUT2D eigenvalue weighted by Gasteiger charge is 2.32. The number of nitro benzene ring substituents is 1. The molecule has 2 aliphatic rings. The summed E-state index contributed by atoms with van der Waals surface area (Å²) in [6.07, 6.45) is 4.99. The van der Waals surface area contributed by atoms with Crippen LogP contribution in [0.4, 0.5) is 23.0 Å². The first-order chi connectivity index (χ1) is 46.4. The number of aromatic nitrogens is 4. The monoisotopic (exact) mass is 1340 g/mol. The number of rotatable bonds is 38. The lowest BCUT2D eigenvalue weighted by Gasteiger charge is -2.21. The molecule has 0 radical (unpaired) electrons. The number of nitrogens with one attached hydrogen (secondary N) is 7. The van der Waals surface area contributed by atoms with Crippen molar-refractivity contribution in [2.45, 2.75) is 104 Å². The zero-order valence-corrected chi connectivity index (χ0v) is 55.0. The number of amides is 4. The highest BCUT2D eigenvalue weighted by molar-refractivity contribution is 6.38. The van der Waals surface area contributed by atoms with Crippen LogP contribution < -0.4 is 36.6 Å². The van der Waals surface area contributed by atoms with Gasteiger partial charge < -0.3 is 55.5 Å². The zero-order chi connectivity index (χ0) is 70.4. The predicted molar refractivity (Wildman–Crippen MR) is 360 cm³/mol. The van der Waals surface area contributed by atoms with Crippen molar-refractivity contribution in [1.29, 1.82) is 5.41 Å². The maximum atomic E-state index is 13.4. The van der Waals surface area contributed by atoms with Gasteiger partial charge in [0, 0.05) is 107 Å². The number of carbonyl (C=O) groups is 8. The van der Waals surface area contributed by atoms with Crippen molar-refractivity contribution in [1.82, 2.24) is 46.1 Å². The number of nitrogens with zero attached hydrogens (tertiary/aromatic N) is 10. The quantitative estimate of drug-likeness (QED) is 0.00489. The molecule has 0 fully saturated rings. The van der Waals surface area contributed by atoms with E-state index in [9.17, 15) is 53.6 Å². The van der Waals surface area contributed by atoms with Crippen molar-refractivity contribution in [3.05, 3.63) is 111 Å². The van der Waals surface area contributed by atoms with E-state index < -0.39 is 46.6 Å². The lowest BCUT2D eigenvalue weighted by molar-refractivity contribution is -0.384.